The minimum Gasteiger partial charge on any atom is -0.344 e. The van der Waals surface area contributed by atoms with Gasteiger partial charge in [-0.2, -0.15) is 0 Å². The van der Waals surface area contributed by atoms with Gasteiger partial charge in [-0.1, -0.05) is 82.3 Å². The minimum atomic E-state index is 1.20. The molecule has 3 aromatic rings. The molecule has 0 radical (unpaired) electrons. The van der Waals surface area contributed by atoms with Gasteiger partial charge in [0.15, 0.2) is 0 Å². The molecule has 3 aromatic carbocycles. The molecule has 1 heteroatoms. The summed E-state index contributed by atoms with van der Waals surface area (Å²) in [5, 5.41) is 2.56. The summed E-state index contributed by atoms with van der Waals surface area (Å²) in [7, 11) is 2.11. The van der Waals surface area contributed by atoms with Crippen LogP contribution in [0.5, 0.6) is 0 Å². The van der Waals surface area contributed by atoms with E-state index in [0.29, 0.717) is 0 Å². The smallest absolute Gasteiger partial charge is 0.0487 e. The standard InChI is InChI=1S/C17H15N.2C2H6/c1-18(15-10-3-2-4-11-15)17-13-7-9-14-8-5-6-12-16(14)17;2*1-2/h2-13H,1H3;2*1-2H3. The zero-order chi connectivity index (χ0) is 16.4. The Bertz CT molecular complexity index is 654. The van der Waals surface area contributed by atoms with Gasteiger partial charge < -0.3 is 4.90 Å². The zero-order valence-electron chi connectivity index (χ0n) is 14.4. The molecule has 0 aliphatic carbocycles. The maximum absolute atomic E-state index is 2.22. The molecule has 0 unspecified atom stereocenters. The van der Waals surface area contributed by atoms with E-state index >= 15 is 0 Å². The van der Waals surface area contributed by atoms with Gasteiger partial charge in [0, 0.05) is 23.8 Å². The van der Waals surface area contributed by atoms with Gasteiger partial charge in [-0.3, -0.25) is 0 Å². The molecule has 0 heterocycles. The van der Waals surface area contributed by atoms with Crippen molar-refractivity contribution in [1.29, 1.82) is 0 Å². The first-order valence-corrected chi connectivity index (χ1v) is 8.13. The molecule has 116 valence electrons. The van der Waals surface area contributed by atoms with Gasteiger partial charge in [0.05, 0.1) is 0 Å². The van der Waals surface area contributed by atoms with E-state index in [2.05, 4.69) is 78.7 Å². The number of anilines is 2. The highest BCUT2D eigenvalue weighted by atomic mass is 15.1. The Hall–Kier alpha value is -2.28. The van der Waals surface area contributed by atoms with Crippen molar-refractivity contribution in [1.82, 2.24) is 0 Å². The third-order valence-corrected chi connectivity index (χ3v) is 3.27. The van der Waals surface area contributed by atoms with Crippen LogP contribution >= 0.6 is 0 Å². The molecule has 0 bridgehead atoms. The molecule has 0 fully saturated rings. The van der Waals surface area contributed by atoms with Crippen LogP contribution in [-0.4, -0.2) is 7.05 Å². The minimum absolute atomic E-state index is 1.20. The average Bonchev–Trinajstić information content (AvgIpc) is 2.65. The van der Waals surface area contributed by atoms with Crippen LogP contribution in [0.1, 0.15) is 27.7 Å². The first kappa shape index (κ1) is 17.8. The van der Waals surface area contributed by atoms with Crippen molar-refractivity contribution in [3.63, 3.8) is 0 Å². The van der Waals surface area contributed by atoms with E-state index in [4.69, 9.17) is 0 Å². The Morgan fingerprint density at radius 2 is 1.14 bits per heavy atom. The van der Waals surface area contributed by atoms with E-state index in [1.54, 1.807) is 0 Å². The molecule has 0 aromatic heterocycles. The second kappa shape index (κ2) is 9.62. The molecule has 0 spiro atoms. The van der Waals surface area contributed by atoms with Crippen molar-refractivity contribution in [2.75, 3.05) is 11.9 Å². The Kier molecular flexibility index (Phi) is 7.77. The largest absolute Gasteiger partial charge is 0.344 e. The van der Waals surface area contributed by atoms with Gasteiger partial charge in [-0.15, -0.1) is 0 Å². The van der Waals surface area contributed by atoms with E-state index in [1.165, 1.54) is 22.1 Å². The molecule has 1 nitrogen and oxygen atoms in total. The first-order valence-electron chi connectivity index (χ1n) is 8.13. The Balaban J connectivity index is 0.000000561. The normalized spacial score (nSPS) is 9.14. The number of hydrogen-bond donors (Lipinski definition) is 0. The Morgan fingerprint density at radius 1 is 0.591 bits per heavy atom. The number of hydrogen-bond acceptors (Lipinski definition) is 1. The first-order chi connectivity index (χ1) is 10.9. The molecule has 0 saturated heterocycles. The van der Waals surface area contributed by atoms with Crippen molar-refractivity contribution in [2.45, 2.75) is 27.7 Å². The summed E-state index contributed by atoms with van der Waals surface area (Å²) in [6, 6.07) is 25.3. The Labute approximate surface area is 135 Å². The van der Waals surface area contributed by atoms with Crippen LogP contribution in [0.25, 0.3) is 10.8 Å². The van der Waals surface area contributed by atoms with E-state index in [0.717, 1.165) is 0 Å². The molecule has 3 rings (SSSR count). The SMILES string of the molecule is CC.CC.CN(c1ccccc1)c1cccc2ccccc12. The highest BCUT2D eigenvalue weighted by molar-refractivity contribution is 5.95. The lowest BCUT2D eigenvalue weighted by molar-refractivity contribution is 1.22. The number of benzene rings is 3. The lowest BCUT2D eigenvalue weighted by atomic mass is 10.1. The average molecular weight is 293 g/mol. The topological polar surface area (TPSA) is 3.24 Å². The highest BCUT2D eigenvalue weighted by Crippen LogP contribution is 2.30. The van der Waals surface area contributed by atoms with E-state index < -0.39 is 0 Å². The molecule has 22 heavy (non-hydrogen) atoms. The predicted molar refractivity (Wildman–Crippen MR) is 101 cm³/mol. The van der Waals surface area contributed by atoms with Crippen LogP contribution in [0, 0.1) is 0 Å². The summed E-state index contributed by atoms with van der Waals surface area (Å²) in [6.07, 6.45) is 0. The molecule has 0 N–H and O–H groups in total. The number of para-hydroxylation sites is 1. The van der Waals surface area contributed by atoms with Crippen LogP contribution in [0.4, 0.5) is 11.4 Å². The Morgan fingerprint density at radius 3 is 1.82 bits per heavy atom. The highest BCUT2D eigenvalue weighted by Gasteiger charge is 2.06. The van der Waals surface area contributed by atoms with Gasteiger partial charge in [-0.05, 0) is 23.6 Å². The third kappa shape index (κ3) is 4.11. The lowest BCUT2D eigenvalue weighted by Crippen LogP contribution is -2.09. The van der Waals surface area contributed by atoms with Gasteiger partial charge in [0.1, 0.15) is 0 Å². The fourth-order valence-corrected chi connectivity index (χ4v) is 2.29. The van der Waals surface area contributed by atoms with Crippen LogP contribution in [-0.2, 0) is 0 Å². The summed E-state index contributed by atoms with van der Waals surface area (Å²) < 4.78 is 0. The number of fused-ring (bicyclic) bond motifs is 1. The molecule has 0 aliphatic rings. The fourth-order valence-electron chi connectivity index (χ4n) is 2.29. The number of rotatable bonds is 2. The third-order valence-electron chi connectivity index (χ3n) is 3.27. The quantitative estimate of drug-likeness (QED) is 0.510. The zero-order valence-corrected chi connectivity index (χ0v) is 14.4. The fraction of sp³-hybridized carbons (Fsp3) is 0.238. The van der Waals surface area contributed by atoms with E-state index in [-0.39, 0.29) is 0 Å². The second-order valence-electron chi connectivity index (χ2n) is 4.39. The van der Waals surface area contributed by atoms with Crippen molar-refractivity contribution >= 4 is 22.1 Å². The summed E-state index contributed by atoms with van der Waals surface area (Å²) in [6.45, 7) is 8.00. The summed E-state index contributed by atoms with van der Waals surface area (Å²) >= 11 is 0. The van der Waals surface area contributed by atoms with E-state index in [9.17, 15) is 0 Å². The second-order valence-corrected chi connectivity index (χ2v) is 4.39. The van der Waals surface area contributed by atoms with Gasteiger partial charge in [0.2, 0.25) is 0 Å². The van der Waals surface area contributed by atoms with Gasteiger partial charge in [0.25, 0.3) is 0 Å². The van der Waals surface area contributed by atoms with Crippen molar-refractivity contribution in [2.24, 2.45) is 0 Å². The maximum atomic E-state index is 2.22. The van der Waals surface area contributed by atoms with Crippen LogP contribution in [0.15, 0.2) is 72.8 Å². The van der Waals surface area contributed by atoms with E-state index in [1.807, 2.05) is 33.8 Å². The molecular formula is C21H27N. The molecule has 0 amide bonds. The molecule has 0 atom stereocenters. The van der Waals surface area contributed by atoms with Crippen LogP contribution in [0.3, 0.4) is 0 Å². The molecule has 0 saturated carbocycles. The number of nitrogens with zero attached hydrogens (tertiary/aromatic N) is 1. The predicted octanol–water partition coefficient (Wildman–Crippen LogP) is 6.66. The summed E-state index contributed by atoms with van der Waals surface area (Å²) in [4.78, 5) is 2.22. The van der Waals surface area contributed by atoms with Crippen LogP contribution in [0.2, 0.25) is 0 Å². The maximum Gasteiger partial charge on any atom is 0.0487 e. The van der Waals surface area contributed by atoms with Crippen LogP contribution < -0.4 is 4.90 Å². The van der Waals surface area contributed by atoms with Gasteiger partial charge in [-0.25, -0.2) is 0 Å². The van der Waals surface area contributed by atoms with Crippen molar-refractivity contribution in [3.8, 4) is 0 Å². The summed E-state index contributed by atoms with van der Waals surface area (Å²) in [5.74, 6) is 0. The monoisotopic (exact) mass is 293 g/mol. The molecule has 0 aliphatic heterocycles. The summed E-state index contributed by atoms with van der Waals surface area (Å²) in [5.41, 5.74) is 2.44. The van der Waals surface area contributed by atoms with Crippen molar-refractivity contribution < 1.29 is 0 Å². The lowest BCUT2D eigenvalue weighted by Gasteiger charge is -2.21. The molecular weight excluding hydrogens is 266 g/mol. The van der Waals surface area contributed by atoms with Gasteiger partial charge >= 0.3 is 0 Å². The van der Waals surface area contributed by atoms with Crippen molar-refractivity contribution in [3.05, 3.63) is 72.8 Å².